The Morgan fingerprint density at radius 2 is 1.90 bits per heavy atom. The Labute approximate surface area is 129 Å². The molecule has 21 heavy (non-hydrogen) atoms. The molecule has 1 N–H and O–H groups in total. The maximum Gasteiger partial charge on any atom is 0.123 e. The predicted octanol–water partition coefficient (Wildman–Crippen LogP) is 4.73. The standard InChI is InChI=1S/C18H31FN2/c1-6-8-11-21(15(5)7-2)18-10-9-17(19)12-16(18)13-20-14(3)4/h9-10,12,14-15,20H,6-8,11,13H2,1-5H3. The second kappa shape index (κ2) is 9.04. The van der Waals surface area contributed by atoms with Gasteiger partial charge in [0.25, 0.3) is 0 Å². The van der Waals surface area contributed by atoms with Gasteiger partial charge in [0.2, 0.25) is 0 Å². The Morgan fingerprint density at radius 1 is 1.19 bits per heavy atom. The Hall–Kier alpha value is -1.09. The molecule has 0 aliphatic rings. The average molecular weight is 294 g/mol. The van der Waals surface area contributed by atoms with Crippen LogP contribution in [0.1, 0.15) is 59.4 Å². The molecule has 1 aromatic rings. The number of benzene rings is 1. The monoisotopic (exact) mass is 294 g/mol. The molecule has 0 saturated heterocycles. The van der Waals surface area contributed by atoms with Gasteiger partial charge in [-0.25, -0.2) is 4.39 Å². The van der Waals surface area contributed by atoms with Gasteiger partial charge in [0.1, 0.15) is 5.82 Å². The lowest BCUT2D eigenvalue weighted by molar-refractivity contribution is 0.567. The van der Waals surface area contributed by atoms with E-state index in [1.54, 1.807) is 12.1 Å². The SMILES string of the molecule is CCCCN(c1ccc(F)cc1CNC(C)C)C(C)CC. The molecule has 0 saturated carbocycles. The molecule has 0 aliphatic heterocycles. The van der Waals surface area contributed by atoms with E-state index < -0.39 is 0 Å². The Kier molecular flexibility index (Phi) is 7.73. The molecule has 120 valence electrons. The van der Waals surface area contributed by atoms with Gasteiger partial charge in [0.05, 0.1) is 0 Å². The smallest absolute Gasteiger partial charge is 0.123 e. The zero-order valence-electron chi connectivity index (χ0n) is 14.2. The first-order valence-corrected chi connectivity index (χ1v) is 8.28. The molecule has 1 atom stereocenters. The first-order chi connectivity index (χ1) is 9.99. The van der Waals surface area contributed by atoms with Gasteiger partial charge >= 0.3 is 0 Å². The van der Waals surface area contributed by atoms with Crippen molar-refractivity contribution in [3.63, 3.8) is 0 Å². The van der Waals surface area contributed by atoms with Crippen LogP contribution in [-0.2, 0) is 6.54 Å². The van der Waals surface area contributed by atoms with Crippen LogP contribution in [0.4, 0.5) is 10.1 Å². The molecule has 0 aliphatic carbocycles. The van der Waals surface area contributed by atoms with Crippen molar-refractivity contribution in [1.82, 2.24) is 5.32 Å². The maximum absolute atomic E-state index is 13.6. The molecule has 1 unspecified atom stereocenters. The van der Waals surface area contributed by atoms with Gasteiger partial charge in [0.15, 0.2) is 0 Å². The zero-order chi connectivity index (χ0) is 15.8. The molecule has 0 amide bonds. The van der Waals surface area contributed by atoms with Crippen LogP contribution in [0.15, 0.2) is 18.2 Å². The van der Waals surface area contributed by atoms with Crippen molar-refractivity contribution in [1.29, 1.82) is 0 Å². The minimum Gasteiger partial charge on any atom is -0.369 e. The van der Waals surface area contributed by atoms with Crippen LogP contribution >= 0.6 is 0 Å². The molecule has 1 aromatic carbocycles. The third kappa shape index (κ3) is 5.66. The van der Waals surface area contributed by atoms with Crippen LogP contribution in [0.2, 0.25) is 0 Å². The molecule has 3 heteroatoms. The summed E-state index contributed by atoms with van der Waals surface area (Å²) in [5.41, 5.74) is 2.23. The van der Waals surface area contributed by atoms with Crippen LogP contribution in [0.25, 0.3) is 0 Å². The van der Waals surface area contributed by atoms with E-state index in [9.17, 15) is 4.39 Å². The summed E-state index contributed by atoms with van der Waals surface area (Å²) in [6.07, 6.45) is 3.44. The number of nitrogens with zero attached hydrogens (tertiary/aromatic N) is 1. The van der Waals surface area contributed by atoms with E-state index >= 15 is 0 Å². The summed E-state index contributed by atoms with van der Waals surface area (Å²) in [7, 11) is 0. The molecule has 0 fully saturated rings. The van der Waals surface area contributed by atoms with Gasteiger partial charge in [-0.3, -0.25) is 0 Å². The van der Waals surface area contributed by atoms with E-state index in [1.165, 1.54) is 18.5 Å². The molecule has 1 rings (SSSR count). The van der Waals surface area contributed by atoms with Crippen LogP contribution in [-0.4, -0.2) is 18.6 Å². The van der Waals surface area contributed by atoms with Crippen molar-refractivity contribution in [3.8, 4) is 0 Å². The molecule has 0 spiro atoms. The van der Waals surface area contributed by atoms with Gasteiger partial charge in [-0.1, -0.05) is 34.1 Å². The van der Waals surface area contributed by atoms with Crippen LogP contribution < -0.4 is 10.2 Å². The number of hydrogen-bond acceptors (Lipinski definition) is 2. The minimum absolute atomic E-state index is 0.154. The van der Waals surface area contributed by atoms with Gasteiger partial charge in [-0.2, -0.15) is 0 Å². The maximum atomic E-state index is 13.6. The lowest BCUT2D eigenvalue weighted by Gasteiger charge is -2.33. The molecular formula is C18H31FN2. The van der Waals surface area contributed by atoms with Gasteiger partial charge < -0.3 is 10.2 Å². The normalized spacial score (nSPS) is 12.7. The van der Waals surface area contributed by atoms with Crippen molar-refractivity contribution in [3.05, 3.63) is 29.6 Å². The number of halogens is 1. The Morgan fingerprint density at radius 3 is 2.48 bits per heavy atom. The number of anilines is 1. The van der Waals surface area contributed by atoms with Crippen molar-refractivity contribution >= 4 is 5.69 Å². The highest BCUT2D eigenvalue weighted by Crippen LogP contribution is 2.25. The highest BCUT2D eigenvalue weighted by Gasteiger charge is 2.16. The third-order valence-corrected chi connectivity index (χ3v) is 3.93. The lowest BCUT2D eigenvalue weighted by atomic mass is 10.1. The van der Waals surface area contributed by atoms with Crippen molar-refractivity contribution in [2.45, 2.75) is 72.5 Å². The Balaban J connectivity index is 3.04. The molecule has 0 heterocycles. The van der Waals surface area contributed by atoms with E-state index in [-0.39, 0.29) is 5.82 Å². The lowest BCUT2D eigenvalue weighted by Crippen LogP contribution is -2.35. The first kappa shape index (κ1) is 18.0. The van der Waals surface area contributed by atoms with Crippen LogP contribution in [0.5, 0.6) is 0 Å². The Bertz CT molecular complexity index is 418. The highest BCUT2D eigenvalue weighted by atomic mass is 19.1. The largest absolute Gasteiger partial charge is 0.369 e. The summed E-state index contributed by atoms with van der Waals surface area (Å²) >= 11 is 0. The van der Waals surface area contributed by atoms with Crippen molar-refractivity contribution < 1.29 is 4.39 Å². The van der Waals surface area contributed by atoms with E-state index in [0.717, 1.165) is 18.5 Å². The second-order valence-electron chi connectivity index (χ2n) is 6.11. The number of hydrogen-bond donors (Lipinski definition) is 1. The zero-order valence-corrected chi connectivity index (χ0v) is 14.2. The van der Waals surface area contributed by atoms with E-state index in [4.69, 9.17) is 0 Å². The van der Waals surface area contributed by atoms with Gasteiger partial charge in [-0.05, 0) is 43.5 Å². The summed E-state index contributed by atoms with van der Waals surface area (Å²) < 4.78 is 13.6. The average Bonchev–Trinajstić information content (AvgIpc) is 2.46. The van der Waals surface area contributed by atoms with Crippen molar-refractivity contribution in [2.75, 3.05) is 11.4 Å². The molecule has 2 nitrogen and oxygen atoms in total. The highest BCUT2D eigenvalue weighted by molar-refractivity contribution is 5.54. The van der Waals surface area contributed by atoms with E-state index in [1.807, 2.05) is 6.07 Å². The number of rotatable bonds is 9. The minimum atomic E-state index is -0.154. The fourth-order valence-electron chi connectivity index (χ4n) is 2.42. The fourth-order valence-corrected chi connectivity index (χ4v) is 2.42. The summed E-state index contributed by atoms with van der Waals surface area (Å²) in [5.74, 6) is -0.154. The van der Waals surface area contributed by atoms with E-state index in [0.29, 0.717) is 18.6 Å². The predicted molar refractivity (Wildman–Crippen MR) is 90.4 cm³/mol. The molecule has 0 aromatic heterocycles. The molecule has 0 bridgehead atoms. The third-order valence-electron chi connectivity index (χ3n) is 3.93. The summed E-state index contributed by atoms with van der Waals surface area (Å²) in [6, 6.07) is 6.06. The van der Waals surface area contributed by atoms with Gasteiger partial charge in [0, 0.05) is 30.9 Å². The van der Waals surface area contributed by atoms with Crippen molar-refractivity contribution in [2.24, 2.45) is 0 Å². The fraction of sp³-hybridized carbons (Fsp3) is 0.667. The van der Waals surface area contributed by atoms with Crippen LogP contribution in [0, 0.1) is 5.82 Å². The number of unbranched alkanes of at least 4 members (excludes halogenated alkanes) is 1. The van der Waals surface area contributed by atoms with Crippen LogP contribution in [0.3, 0.4) is 0 Å². The topological polar surface area (TPSA) is 15.3 Å². The summed E-state index contributed by atoms with van der Waals surface area (Å²) in [4.78, 5) is 2.43. The molecule has 0 radical (unpaired) electrons. The quantitative estimate of drug-likeness (QED) is 0.708. The number of nitrogens with one attached hydrogen (secondary N) is 1. The molecular weight excluding hydrogens is 263 g/mol. The summed E-state index contributed by atoms with van der Waals surface area (Å²) in [5, 5.41) is 3.40. The van der Waals surface area contributed by atoms with Gasteiger partial charge in [-0.15, -0.1) is 0 Å². The van der Waals surface area contributed by atoms with E-state index in [2.05, 4.69) is 44.8 Å². The summed E-state index contributed by atoms with van der Waals surface area (Å²) in [6.45, 7) is 12.6. The second-order valence-corrected chi connectivity index (χ2v) is 6.11. The first-order valence-electron chi connectivity index (χ1n) is 8.28.